The van der Waals surface area contributed by atoms with Gasteiger partial charge in [-0.05, 0) is 46.0 Å². The largest absolute Gasteiger partial charge is 0.497 e. The third-order valence-electron chi connectivity index (χ3n) is 3.01. The summed E-state index contributed by atoms with van der Waals surface area (Å²) < 4.78 is 5.27. The smallest absolute Gasteiger partial charge is 0.134 e. The molecule has 0 fully saturated rings. The van der Waals surface area contributed by atoms with E-state index in [1.807, 2.05) is 30.5 Å². The highest BCUT2D eigenvalue weighted by atomic mass is 32.1. The van der Waals surface area contributed by atoms with Gasteiger partial charge in [0.25, 0.3) is 0 Å². The first-order valence-corrected chi connectivity index (χ1v) is 6.99. The van der Waals surface area contributed by atoms with Gasteiger partial charge in [-0.1, -0.05) is 6.07 Å². The van der Waals surface area contributed by atoms with E-state index in [0.717, 1.165) is 28.9 Å². The van der Waals surface area contributed by atoms with E-state index in [1.165, 1.54) is 5.56 Å². The van der Waals surface area contributed by atoms with Crippen molar-refractivity contribution in [2.45, 2.75) is 6.54 Å². The molecule has 3 nitrogen and oxygen atoms in total. The maximum absolute atomic E-state index is 5.27. The van der Waals surface area contributed by atoms with Crippen molar-refractivity contribution in [2.24, 2.45) is 0 Å². The summed E-state index contributed by atoms with van der Waals surface area (Å²) in [7, 11) is 1.68. The Labute approximate surface area is 115 Å². The quantitative estimate of drug-likeness (QED) is 0.780. The lowest BCUT2D eigenvalue weighted by Gasteiger charge is -2.09. The maximum Gasteiger partial charge on any atom is 0.134 e. The summed E-state index contributed by atoms with van der Waals surface area (Å²) in [5.41, 5.74) is 1.27. The summed E-state index contributed by atoms with van der Waals surface area (Å²) in [6.07, 6.45) is 1.82. The van der Waals surface area contributed by atoms with Crippen molar-refractivity contribution in [3.05, 3.63) is 52.9 Å². The first-order chi connectivity index (χ1) is 9.36. The summed E-state index contributed by atoms with van der Waals surface area (Å²) in [5.74, 6) is 1.74. The molecule has 3 rings (SSSR count). The number of nitrogens with one attached hydrogen (secondary N) is 1. The lowest BCUT2D eigenvalue weighted by molar-refractivity contribution is 0.415. The highest BCUT2D eigenvalue weighted by molar-refractivity contribution is 7.07. The lowest BCUT2D eigenvalue weighted by atomic mass is 10.1. The van der Waals surface area contributed by atoms with Gasteiger partial charge in [0.15, 0.2) is 0 Å². The number of ether oxygens (including phenoxy) is 1. The molecule has 0 aliphatic carbocycles. The van der Waals surface area contributed by atoms with Gasteiger partial charge in [0.1, 0.15) is 11.6 Å². The number of pyridine rings is 1. The number of methoxy groups -OCH3 is 1. The molecule has 0 aliphatic heterocycles. The molecule has 0 amide bonds. The molecule has 0 radical (unpaired) electrons. The monoisotopic (exact) mass is 270 g/mol. The first kappa shape index (κ1) is 12.0. The van der Waals surface area contributed by atoms with Crippen LogP contribution < -0.4 is 10.1 Å². The first-order valence-electron chi connectivity index (χ1n) is 6.04. The van der Waals surface area contributed by atoms with Crippen molar-refractivity contribution in [1.29, 1.82) is 0 Å². The molecule has 2 aromatic heterocycles. The molecule has 0 bridgehead atoms. The minimum atomic E-state index is 0.785. The fourth-order valence-corrected chi connectivity index (χ4v) is 2.66. The standard InChI is InChI=1S/C15H14N2OS/c1-18-13-3-2-12-4-6-16-15(14(12)8-13)17-9-11-5-7-19-10-11/h2-8,10H,9H2,1H3,(H,16,17). The minimum absolute atomic E-state index is 0.785. The van der Waals surface area contributed by atoms with Gasteiger partial charge < -0.3 is 10.1 Å². The number of rotatable bonds is 4. The zero-order valence-corrected chi connectivity index (χ0v) is 11.4. The molecule has 0 unspecified atom stereocenters. The predicted octanol–water partition coefficient (Wildman–Crippen LogP) is 3.92. The van der Waals surface area contributed by atoms with Crippen LogP contribution in [0.1, 0.15) is 5.56 Å². The molecule has 0 saturated carbocycles. The molecule has 2 heterocycles. The Hall–Kier alpha value is -2.07. The number of anilines is 1. The number of hydrogen-bond acceptors (Lipinski definition) is 4. The van der Waals surface area contributed by atoms with Gasteiger partial charge in [-0.15, -0.1) is 0 Å². The highest BCUT2D eigenvalue weighted by Gasteiger charge is 2.04. The van der Waals surface area contributed by atoms with Crippen LogP contribution in [-0.4, -0.2) is 12.1 Å². The fourth-order valence-electron chi connectivity index (χ4n) is 1.99. The van der Waals surface area contributed by atoms with Crippen LogP contribution >= 0.6 is 11.3 Å². The molecule has 4 heteroatoms. The Balaban J connectivity index is 1.93. The van der Waals surface area contributed by atoms with Gasteiger partial charge in [-0.25, -0.2) is 4.98 Å². The molecule has 1 N–H and O–H groups in total. The van der Waals surface area contributed by atoms with Crippen molar-refractivity contribution in [1.82, 2.24) is 4.98 Å². The van der Waals surface area contributed by atoms with Crippen molar-refractivity contribution >= 4 is 27.9 Å². The minimum Gasteiger partial charge on any atom is -0.497 e. The molecule has 1 aromatic carbocycles. The van der Waals surface area contributed by atoms with E-state index in [1.54, 1.807) is 18.4 Å². The molecule has 0 aliphatic rings. The molecule has 3 aromatic rings. The summed E-state index contributed by atoms with van der Waals surface area (Å²) in [4.78, 5) is 4.42. The van der Waals surface area contributed by atoms with Crippen LogP contribution in [0.4, 0.5) is 5.82 Å². The molecule has 0 spiro atoms. The van der Waals surface area contributed by atoms with E-state index in [0.29, 0.717) is 0 Å². The Bertz CT molecular complexity index is 680. The maximum atomic E-state index is 5.27. The Morgan fingerprint density at radius 3 is 3.00 bits per heavy atom. The molecular formula is C15H14N2OS. The number of benzene rings is 1. The van der Waals surface area contributed by atoms with E-state index in [-0.39, 0.29) is 0 Å². The highest BCUT2D eigenvalue weighted by Crippen LogP contribution is 2.26. The van der Waals surface area contributed by atoms with Crippen LogP contribution in [0.25, 0.3) is 10.8 Å². The molecule has 0 saturated heterocycles. The van der Waals surface area contributed by atoms with Crippen LogP contribution in [0.15, 0.2) is 47.3 Å². The zero-order chi connectivity index (χ0) is 13.1. The van der Waals surface area contributed by atoms with Gasteiger partial charge in [-0.3, -0.25) is 0 Å². The van der Waals surface area contributed by atoms with Gasteiger partial charge in [0.2, 0.25) is 0 Å². The Morgan fingerprint density at radius 2 is 2.21 bits per heavy atom. The predicted molar refractivity (Wildman–Crippen MR) is 79.9 cm³/mol. The second-order valence-corrected chi connectivity index (χ2v) is 5.01. The van der Waals surface area contributed by atoms with Crippen molar-refractivity contribution in [2.75, 3.05) is 12.4 Å². The lowest BCUT2D eigenvalue weighted by Crippen LogP contribution is -2.00. The SMILES string of the molecule is COc1ccc2ccnc(NCc3ccsc3)c2c1. The fraction of sp³-hybridized carbons (Fsp3) is 0.133. The average molecular weight is 270 g/mol. The zero-order valence-electron chi connectivity index (χ0n) is 10.6. The normalized spacial score (nSPS) is 10.6. The molecular weight excluding hydrogens is 256 g/mol. The van der Waals surface area contributed by atoms with Crippen LogP contribution in [0.2, 0.25) is 0 Å². The van der Waals surface area contributed by atoms with Crippen LogP contribution in [0.5, 0.6) is 5.75 Å². The van der Waals surface area contributed by atoms with E-state index >= 15 is 0 Å². The van der Waals surface area contributed by atoms with E-state index in [2.05, 4.69) is 27.1 Å². The summed E-state index contributed by atoms with van der Waals surface area (Å²) >= 11 is 1.70. The molecule has 0 atom stereocenters. The summed E-state index contributed by atoms with van der Waals surface area (Å²) in [6.45, 7) is 0.785. The third kappa shape index (κ3) is 2.53. The Morgan fingerprint density at radius 1 is 1.26 bits per heavy atom. The van der Waals surface area contributed by atoms with Crippen molar-refractivity contribution in [3.63, 3.8) is 0 Å². The van der Waals surface area contributed by atoms with Gasteiger partial charge >= 0.3 is 0 Å². The van der Waals surface area contributed by atoms with Gasteiger partial charge in [-0.2, -0.15) is 11.3 Å². The summed E-state index contributed by atoms with van der Waals surface area (Å²) in [5, 5.41) is 9.84. The van der Waals surface area contributed by atoms with Crippen molar-refractivity contribution in [3.8, 4) is 5.75 Å². The number of nitrogens with zero attached hydrogens (tertiary/aromatic N) is 1. The summed E-state index contributed by atoms with van der Waals surface area (Å²) in [6, 6.07) is 10.1. The number of aromatic nitrogens is 1. The number of hydrogen-bond donors (Lipinski definition) is 1. The number of fused-ring (bicyclic) bond motifs is 1. The van der Waals surface area contributed by atoms with E-state index < -0.39 is 0 Å². The third-order valence-corrected chi connectivity index (χ3v) is 3.75. The average Bonchev–Trinajstić information content (AvgIpc) is 2.97. The van der Waals surface area contributed by atoms with E-state index in [4.69, 9.17) is 4.74 Å². The van der Waals surface area contributed by atoms with Gasteiger partial charge in [0, 0.05) is 18.1 Å². The molecule has 19 heavy (non-hydrogen) atoms. The molecule has 96 valence electrons. The van der Waals surface area contributed by atoms with Crippen LogP contribution in [0, 0.1) is 0 Å². The van der Waals surface area contributed by atoms with Crippen LogP contribution in [0.3, 0.4) is 0 Å². The number of thiophene rings is 1. The van der Waals surface area contributed by atoms with Crippen LogP contribution in [-0.2, 0) is 6.54 Å². The topological polar surface area (TPSA) is 34.1 Å². The van der Waals surface area contributed by atoms with E-state index in [9.17, 15) is 0 Å². The van der Waals surface area contributed by atoms with Gasteiger partial charge in [0.05, 0.1) is 7.11 Å². The second-order valence-electron chi connectivity index (χ2n) is 4.23. The Kier molecular flexibility index (Phi) is 3.33. The second kappa shape index (κ2) is 5.28. The van der Waals surface area contributed by atoms with Crippen molar-refractivity contribution < 1.29 is 4.74 Å².